The number of para-hydroxylation sites is 1. The van der Waals surface area contributed by atoms with Gasteiger partial charge < -0.3 is 16.0 Å². The van der Waals surface area contributed by atoms with Crippen LogP contribution in [0.4, 0.5) is 5.69 Å². The molecule has 1 amide bonds. The number of benzene rings is 2. The number of amides is 1. The largest absolute Gasteiger partial charge is 0.339 e. The molecule has 0 saturated heterocycles. The lowest BCUT2D eigenvalue weighted by Gasteiger charge is -2.27. The summed E-state index contributed by atoms with van der Waals surface area (Å²) in [6, 6.07) is 18.3. The highest BCUT2D eigenvalue weighted by Crippen LogP contribution is 2.29. The third kappa shape index (κ3) is 6.29. The van der Waals surface area contributed by atoms with Crippen LogP contribution in [-0.4, -0.2) is 30.3 Å². The SMILES string of the molecule is Cc1c(NC(=S)N[C@@H](NC(=O)Cc2ccccc2)C(Cl)(Cl)Cl)c(=O)n(-c2ccccc2)n1C. The molecule has 33 heavy (non-hydrogen) atoms. The summed E-state index contributed by atoms with van der Waals surface area (Å²) in [6.45, 7) is 1.78. The minimum atomic E-state index is -1.91. The molecule has 1 aromatic heterocycles. The predicted octanol–water partition coefficient (Wildman–Crippen LogP) is 3.83. The Labute approximate surface area is 211 Å². The Morgan fingerprint density at radius 2 is 1.61 bits per heavy atom. The molecule has 1 heterocycles. The zero-order valence-electron chi connectivity index (χ0n) is 17.8. The molecular weight excluding hydrogens is 505 g/mol. The molecule has 3 aromatic rings. The molecule has 0 aliphatic carbocycles. The molecule has 2 aromatic carbocycles. The number of hydrogen-bond donors (Lipinski definition) is 3. The number of nitrogens with one attached hydrogen (secondary N) is 3. The van der Waals surface area contributed by atoms with Gasteiger partial charge in [0.15, 0.2) is 5.11 Å². The molecule has 3 N–H and O–H groups in total. The van der Waals surface area contributed by atoms with E-state index in [1.54, 1.807) is 18.7 Å². The molecule has 11 heteroatoms. The first-order valence-electron chi connectivity index (χ1n) is 9.89. The first-order valence-corrected chi connectivity index (χ1v) is 11.4. The van der Waals surface area contributed by atoms with Crippen LogP contribution in [0.5, 0.6) is 0 Å². The highest BCUT2D eigenvalue weighted by atomic mass is 35.6. The maximum atomic E-state index is 13.1. The molecule has 0 bridgehead atoms. The Morgan fingerprint density at radius 3 is 2.18 bits per heavy atom. The highest BCUT2D eigenvalue weighted by molar-refractivity contribution is 7.80. The fourth-order valence-corrected chi connectivity index (χ4v) is 3.73. The van der Waals surface area contributed by atoms with Crippen molar-refractivity contribution in [3.05, 3.63) is 82.3 Å². The lowest BCUT2D eigenvalue weighted by Crippen LogP contribution is -2.56. The summed E-state index contributed by atoms with van der Waals surface area (Å²) < 4.78 is 1.30. The summed E-state index contributed by atoms with van der Waals surface area (Å²) in [5.41, 5.74) is 2.11. The Balaban J connectivity index is 1.75. The van der Waals surface area contributed by atoms with E-state index in [0.717, 1.165) is 5.56 Å². The molecule has 0 spiro atoms. The van der Waals surface area contributed by atoms with Crippen molar-refractivity contribution in [2.24, 2.45) is 7.05 Å². The number of carbonyl (C=O) groups is 1. The van der Waals surface area contributed by atoms with E-state index < -0.39 is 9.96 Å². The Kier molecular flexibility index (Phi) is 8.07. The lowest BCUT2D eigenvalue weighted by atomic mass is 10.1. The van der Waals surface area contributed by atoms with Crippen LogP contribution in [0.3, 0.4) is 0 Å². The number of alkyl halides is 3. The van der Waals surface area contributed by atoms with Crippen LogP contribution in [0.2, 0.25) is 0 Å². The van der Waals surface area contributed by atoms with E-state index in [9.17, 15) is 9.59 Å². The molecule has 0 unspecified atom stereocenters. The second kappa shape index (κ2) is 10.6. The lowest BCUT2D eigenvalue weighted by molar-refractivity contribution is -0.121. The topological polar surface area (TPSA) is 80.1 Å². The predicted molar refractivity (Wildman–Crippen MR) is 137 cm³/mol. The normalized spacial score (nSPS) is 12.2. The fourth-order valence-electron chi connectivity index (χ4n) is 3.19. The molecule has 0 aliphatic heterocycles. The van der Waals surface area contributed by atoms with Gasteiger partial charge in [0, 0.05) is 7.05 Å². The quantitative estimate of drug-likeness (QED) is 0.258. The summed E-state index contributed by atoms with van der Waals surface area (Å²) >= 11 is 23.5. The third-order valence-electron chi connectivity index (χ3n) is 4.91. The Morgan fingerprint density at radius 1 is 1.03 bits per heavy atom. The van der Waals surface area contributed by atoms with Crippen molar-refractivity contribution in [2.45, 2.75) is 23.3 Å². The van der Waals surface area contributed by atoms with Gasteiger partial charge in [-0.05, 0) is 36.8 Å². The van der Waals surface area contributed by atoms with Crippen LogP contribution in [0.15, 0.2) is 65.5 Å². The van der Waals surface area contributed by atoms with Crippen LogP contribution in [0, 0.1) is 6.92 Å². The van der Waals surface area contributed by atoms with Crippen molar-refractivity contribution in [1.82, 2.24) is 20.0 Å². The number of nitrogens with zero attached hydrogens (tertiary/aromatic N) is 2. The molecule has 174 valence electrons. The van der Waals surface area contributed by atoms with Crippen LogP contribution in [-0.2, 0) is 18.3 Å². The summed E-state index contributed by atoms with van der Waals surface area (Å²) in [5.74, 6) is -0.366. The van der Waals surface area contributed by atoms with Gasteiger partial charge in [-0.15, -0.1) is 0 Å². The molecule has 1 atom stereocenters. The second-order valence-corrected chi connectivity index (χ2v) is 10.0. The Hall–Kier alpha value is -2.52. The van der Waals surface area contributed by atoms with Crippen LogP contribution < -0.4 is 21.5 Å². The first kappa shape index (κ1) is 25.1. The Bertz CT molecular complexity index is 1190. The van der Waals surface area contributed by atoms with Crippen molar-refractivity contribution >= 4 is 63.7 Å². The van der Waals surface area contributed by atoms with Crippen LogP contribution in [0.25, 0.3) is 5.69 Å². The van der Waals surface area contributed by atoms with Gasteiger partial charge >= 0.3 is 0 Å². The van der Waals surface area contributed by atoms with Gasteiger partial charge in [-0.25, -0.2) is 4.68 Å². The van der Waals surface area contributed by atoms with E-state index in [1.807, 2.05) is 60.7 Å². The van der Waals surface area contributed by atoms with E-state index in [-0.39, 0.29) is 28.7 Å². The van der Waals surface area contributed by atoms with Crippen molar-refractivity contribution < 1.29 is 4.79 Å². The second-order valence-electron chi connectivity index (χ2n) is 7.24. The standard InChI is InChI=1S/C22H22Cl3N5O2S/c1-14-18(19(32)30(29(14)2)16-11-7-4-8-12-16)27-21(33)28-20(22(23,24)25)26-17(31)13-15-9-5-3-6-10-15/h3-12,20H,13H2,1-2H3,(H,26,31)(H2,27,28,33)/t20-/m1/s1. The number of hydrogen-bond acceptors (Lipinski definition) is 3. The average Bonchev–Trinajstić information content (AvgIpc) is 2.97. The molecular formula is C22H22Cl3N5O2S. The number of aromatic nitrogens is 2. The summed E-state index contributed by atoms with van der Waals surface area (Å²) in [6.07, 6.45) is -1.04. The summed E-state index contributed by atoms with van der Waals surface area (Å²) in [7, 11) is 1.76. The number of rotatable bonds is 6. The van der Waals surface area contributed by atoms with E-state index in [4.69, 9.17) is 47.0 Å². The number of halogens is 3. The summed E-state index contributed by atoms with van der Waals surface area (Å²) in [4.78, 5) is 25.5. The zero-order chi connectivity index (χ0) is 24.2. The van der Waals surface area contributed by atoms with E-state index >= 15 is 0 Å². The third-order valence-corrected chi connectivity index (χ3v) is 5.78. The maximum Gasteiger partial charge on any atom is 0.295 e. The van der Waals surface area contributed by atoms with Gasteiger partial charge in [0.2, 0.25) is 9.70 Å². The van der Waals surface area contributed by atoms with E-state index in [1.165, 1.54) is 4.68 Å². The fraction of sp³-hybridized carbons (Fsp3) is 0.227. The highest BCUT2D eigenvalue weighted by Gasteiger charge is 2.35. The van der Waals surface area contributed by atoms with E-state index in [2.05, 4.69) is 16.0 Å². The van der Waals surface area contributed by atoms with E-state index in [0.29, 0.717) is 11.4 Å². The van der Waals surface area contributed by atoms with Crippen molar-refractivity contribution in [2.75, 3.05) is 5.32 Å². The van der Waals surface area contributed by atoms with Crippen LogP contribution in [0.1, 0.15) is 11.3 Å². The summed E-state index contributed by atoms with van der Waals surface area (Å²) in [5, 5.41) is 8.30. The van der Waals surface area contributed by atoms with Gasteiger partial charge in [-0.1, -0.05) is 83.3 Å². The molecule has 0 saturated carbocycles. The van der Waals surface area contributed by atoms with Crippen molar-refractivity contribution in [3.8, 4) is 5.69 Å². The van der Waals surface area contributed by atoms with Gasteiger partial charge in [0.1, 0.15) is 11.9 Å². The van der Waals surface area contributed by atoms with Crippen LogP contribution >= 0.6 is 47.0 Å². The van der Waals surface area contributed by atoms with Crippen molar-refractivity contribution in [3.63, 3.8) is 0 Å². The monoisotopic (exact) mass is 525 g/mol. The van der Waals surface area contributed by atoms with Gasteiger partial charge in [0.05, 0.1) is 17.8 Å². The first-order chi connectivity index (χ1) is 15.6. The van der Waals surface area contributed by atoms with Gasteiger partial charge in [0.25, 0.3) is 5.56 Å². The van der Waals surface area contributed by atoms with Gasteiger partial charge in [-0.3, -0.25) is 14.3 Å². The average molecular weight is 527 g/mol. The number of anilines is 1. The minimum Gasteiger partial charge on any atom is -0.339 e. The molecule has 3 rings (SSSR count). The van der Waals surface area contributed by atoms with Gasteiger partial charge in [-0.2, -0.15) is 0 Å². The molecule has 0 fully saturated rings. The smallest absolute Gasteiger partial charge is 0.295 e. The maximum absolute atomic E-state index is 13.1. The molecule has 0 aliphatic rings. The molecule has 7 nitrogen and oxygen atoms in total. The molecule has 0 radical (unpaired) electrons. The zero-order valence-corrected chi connectivity index (χ0v) is 20.9. The van der Waals surface area contributed by atoms with Crippen molar-refractivity contribution in [1.29, 1.82) is 0 Å². The minimum absolute atomic E-state index is 0.0114. The number of thiocarbonyl (C=S) groups is 1. The number of carbonyl (C=O) groups excluding carboxylic acids is 1.